The molecule has 1 aromatic heterocycles. The highest BCUT2D eigenvalue weighted by Gasteiger charge is 2.37. The monoisotopic (exact) mass is 438 g/mol. The Kier molecular flexibility index (Phi) is 8.05. The minimum absolute atomic E-state index is 0.144. The molecule has 0 amide bonds. The van der Waals surface area contributed by atoms with E-state index in [4.69, 9.17) is 0 Å². The van der Waals surface area contributed by atoms with Gasteiger partial charge in [0.15, 0.2) is 0 Å². The zero-order valence-corrected chi connectivity index (χ0v) is 18.9. The Morgan fingerprint density at radius 1 is 1.27 bits per heavy atom. The number of piperazine rings is 1. The topological polar surface area (TPSA) is 56.7 Å². The molecule has 0 spiro atoms. The predicted molar refractivity (Wildman–Crippen MR) is 122 cm³/mol. The number of nitrogens with one attached hydrogen (secondary N) is 1. The predicted octanol–water partition coefficient (Wildman–Crippen LogP) is 3.49. The number of halogens is 2. The van der Waals surface area contributed by atoms with Crippen molar-refractivity contribution in [2.75, 3.05) is 62.8 Å². The Hall–Kier alpha value is -1.74. The molecular weight excluding hydrogens is 406 g/mol. The third-order valence-electron chi connectivity index (χ3n) is 5.39. The minimum Gasteiger partial charge on any atom is -0.369 e. The third kappa shape index (κ3) is 6.14. The molecule has 0 saturated carbocycles. The maximum absolute atomic E-state index is 14.1. The summed E-state index contributed by atoms with van der Waals surface area (Å²) in [6.07, 6.45) is 4.92. The van der Waals surface area contributed by atoms with Crippen LogP contribution in [0, 0.1) is 0 Å². The Morgan fingerprint density at radius 3 is 2.73 bits per heavy atom. The molecule has 1 N–H and O–H groups in total. The maximum Gasteiger partial charge on any atom is 0.252 e. The van der Waals surface area contributed by atoms with Crippen molar-refractivity contribution in [2.24, 2.45) is 4.99 Å². The normalized spacial score (nSPS) is 19.9. The van der Waals surface area contributed by atoms with Crippen LogP contribution in [0.2, 0.25) is 0 Å². The van der Waals surface area contributed by atoms with Gasteiger partial charge in [-0.05, 0) is 26.0 Å². The second kappa shape index (κ2) is 10.5. The molecular formula is C21H32F2N6S. The van der Waals surface area contributed by atoms with E-state index in [0.29, 0.717) is 30.3 Å². The fraction of sp³-hybridized carbons (Fsp3) is 0.667. The first-order chi connectivity index (χ1) is 14.4. The van der Waals surface area contributed by atoms with Gasteiger partial charge in [0.05, 0.1) is 10.7 Å². The summed E-state index contributed by atoms with van der Waals surface area (Å²) < 4.78 is 28.2. The van der Waals surface area contributed by atoms with Gasteiger partial charge in [-0.3, -0.25) is 4.99 Å². The van der Waals surface area contributed by atoms with E-state index >= 15 is 0 Å². The molecule has 166 valence electrons. The maximum atomic E-state index is 14.1. The Morgan fingerprint density at radius 2 is 2.03 bits per heavy atom. The first-order valence-electron chi connectivity index (χ1n) is 10.6. The van der Waals surface area contributed by atoms with E-state index in [9.17, 15) is 8.78 Å². The van der Waals surface area contributed by atoms with Crippen molar-refractivity contribution in [1.29, 1.82) is 0 Å². The van der Waals surface area contributed by atoms with Crippen LogP contribution in [-0.4, -0.2) is 78.4 Å². The quantitative estimate of drug-likeness (QED) is 0.400. The van der Waals surface area contributed by atoms with Gasteiger partial charge in [-0.25, -0.2) is 13.8 Å². The lowest BCUT2D eigenvalue weighted by Crippen LogP contribution is -2.45. The van der Waals surface area contributed by atoms with Crippen LogP contribution in [-0.2, 0) is 12.8 Å². The molecule has 1 aromatic rings. The average molecular weight is 439 g/mol. The molecule has 0 unspecified atom stereocenters. The summed E-state index contributed by atoms with van der Waals surface area (Å²) in [6, 6.07) is 0. The molecule has 1 aliphatic carbocycles. The zero-order chi connectivity index (χ0) is 21.6. The Bertz CT molecular complexity index is 775. The molecule has 1 aliphatic heterocycles. The van der Waals surface area contributed by atoms with Crippen LogP contribution in [0.4, 0.5) is 20.5 Å². The van der Waals surface area contributed by atoms with Crippen molar-refractivity contribution in [3.8, 4) is 0 Å². The number of nitrogens with zero attached hydrogens (tertiary/aromatic N) is 5. The highest BCUT2D eigenvalue weighted by molar-refractivity contribution is 8.14. The molecule has 3 rings (SSSR count). The summed E-state index contributed by atoms with van der Waals surface area (Å²) in [7, 11) is 3.88. The number of alkyl halides is 2. The van der Waals surface area contributed by atoms with Gasteiger partial charge in [-0.2, -0.15) is 4.98 Å². The van der Waals surface area contributed by atoms with Crippen LogP contribution in [0.15, 0.2) is 17.1 Å². The average Bonchev–Trinajstić information content (AvgIpc) is 2.73. The Labute approximate surface area is 182 Å². The van der Waals surface area contributed by atoms with E-state index in [2.05, 4.69) is 50.1 Å². The third-order valence-corrected chi connectivity index (χ3v) is 6.41. The number of allylic oxidation sites excluding steroid dienone is 1. The molecule has 1 fully saturated rings. The van der Waals surface area contributed by atoms with Gasteiger partial charge in [0.25, 0.3) is 5.92 Å². The number of rotatable bonds is 7. The van der Waals surface area contributed by atoms with Gasteiger partial charge in [-0.1, -0.05) is 13.0 Å². The lowest BCUT2D eigenvalue weighted by Gasteiger charge is -2.34. The van der Waals surface area contributed by atoms with Gasteiger partial charge in [-0.15, -0.1) is 11.8 Å². The van der Waals surface area contributed by atoms with Crippen LogP contribution in [0.25, 0.3) is 0 Å². The van der Waals surface area contributed by atoms with Crippen LogP contribution in [0.1, 0.15) is 31.0 Å². The van der Waals surface area contributed by atoms with Crippen molar-refractivity contribution in [3.05, 3.63) is 23.4 Å². The molecule has 2 heterocycles. The zero-order valence-electron chi connectivity index (χ0n) is 18.1. The minimum atomic E-state index is -2.69. The summed E-state index contributed by atoms with van der Waals surface area (Å²) in [4.78, 5) is 18.1. The number of anilines is 2. The van der Waals surface area contributed by atoms with Crippen molar-refractivity contribution in [1.82, 2.24) is 14.9 Å². The van der Waals surface area contributed by atoms with Crippen molar-refractivity contribution >= 4 is 28.6 Å². The van der Waals surface area contributed by atoms with Crippen molar-refractivity contribution in [2.45, 2.75) is 38.5 Å². The van der Waals surface area contributed by atoms with Crippen molar-refractivity contribution in [3.63, 3.8) is 0 Å². The summed E-state index contributed by atoms with van der Waals surface area (Å²) in [5.74, 6) is -0.694. The molecule has 6 nitrogen and oxygen atoms in total. The largest absolute Gasteiger partial charge is 0.369 e. The number of hydrogen-bond acceptors (Lipinski definition) is 7. The van der Waals surface area contributed by atoms with Gasteiger partial charge < -0.3 is 15.1 Å². The lowest BCUT2D eigenvalue weighted by atomic mass is 9.93. The van der Waals surface area contributed by atoms with Crippen molar-refractivity contribution < 1.29 is 8.78 Å². The fourth-order valence-electron chi connectivity index (χ4n) is 3.58. The standard InChI is InChI=1S/C21H32F2N6S/c1-4-5-6-18(24-2)30-14-9-25-19-16-15-21(22,23)8-7-17(16)26-20(27-19)29-12-10-28(3)11-13-29/h5-6H,4,7-15H2,1-3H3,(H,25,26,27)/b6-5-,24-18?. The lowest BCUT2D eigenvalue weighted by molar-refractivity contribution is -0.0127. The van der Waals surface area contributed by atoms with E-state index in [1.165, 1.54) is 0 Å². The molecule has 0 atom stereocenters. The number of fused-ring (bicyclic) bond motifs is 1. The van der Waals surface area contributed by atoms with Gasteiger partial charge >= 0.3 is 0 Å². The molecule has 0 bridgehead atoms. The number of hydrogen-bond donors (Lipinski definition) is 1. The molecule has 30 heavy (non-hydrogen) atoms. The van der Waals surface area contributed by atoms with Crippen LogP contribution < -0.4 is 10.2 Å². The van der Waals surface area contributed by atoms with E-state index in [1.54, 1.807) is 18.8 Å². The Balaban J connectivity index is 1.72. The highest BCUT2D eigenvalue weighted by Crippen LogP contribution is 2.36. The molecule has 2 aliphatic rings. The number of aromatic nitrogens is 2. The van der Waals surface area contributed by atoms with Gasteiger partial charge in [0.1, 0.15) is 5.82 Å². The van der Waals surface area contributed by atoms with E-state index in [-0.39, 0.29) is 12.8 Å². The number of aryl methyl sites for hydroxylation is 1. The number of thioether (sulfide) groups is 1. The first kappa shape index (κ1) is 22.9. The van der Waals surface area contributed by atoms with Crippen LogP contribution in [0.3, 0.4) is 0 Å². The van der Waals surface area contributed by atoms with Gasteiger partial charge in [0.2, 0.25) is 5.95 Å². The SMILES string of the molecule is CC/C=C\C(=NC)SCCNc1nc(N2CCN(C)CC2)nc2c1CC(F)(F)CC2. The summed E-state index contributed by atoms with van der Waals surface area (Å²) in [6.45, 7) is 6.30. The fourth-order valence-corrected chi connectivity index (χ4v) is 4.32. The summed E-state index contributed by atoms with van der Waals surface area (Å²) >= 11 is 1.64. The second-order valence-corrected chi connectivity index (χ2v) is 8.88. The molecule has 9 heteroatoms. The molecule has 0 aromatic carbocycles. The highest BCUT2D eigenvalue weighted by atomic mass is 32.2. The smallest absolute Gasteiger partial charge is 0.252 e. The van der Waals surface area contributed by atoms with E-state index in [1.807, 2.05) is 6.08 Å². The van der Waals surface area contributed by atoms with Gasteiger partial charge in [0, 0.05) is 63.9 Å². The summed E-state index contributed by atoms with van der Waals surface area (Å²) in [5, 5.41) is 4.28. The second-order valence-electron chi connectivity index (χ2n) is 7.77. The number of aliphatic imine (C=N–C) groups is 1. The van der Waals surface area contributed by atoms with Crippen LogP contribution >= 0.6 is 11.8 Å². The molecule has 0 radical (unpaired) electrons. The number of likely N-dealkylation sites (N-methyl/N-ethyl adjacent to an activating group) is 1. The first-order valence-corrected chi connectivity index (χ1v) is 11.6. The van der Waals surface area contributed by atoms with E-state index in [0.717, 1.165) is 49.1 Å². The van der Waals surface area contributed by atoms with Crippen LogP contribution in [0.5, 0.6) is 0 Å². The van der Waals surface area contributed by atoms with E-state index < -0.39 is 5.92 Å². The summed E-state index contributed by atoms with van der Waals surface area (Å²) in [5.41, 5.74) is 1.34. The molecule has 1 saturated heterocycles.